The van der Waals surface area contributed by atoms with Crippen LogP contribution in [0.1, 0.15) is 6.92 Å². The third-order valence-corrected chi connectivity index (χ3v) is 4.27. The Balaban J connectivity index is 2.31. The summed E-state index contributed by atoms with van der Waals surface area (Å²) in [6, 6.07) is 8.74. The molecule has 0 saturated heterocycles. The molecule has 0 aliphatic heterocycles. The van der Waals surface area contributed by atoms with Crippen LogP contribution in [0.3, 0.4) is 0 Å². The highest BCUT2D eigenvalue weighted by atomic mass is 79.9. The summed E-state index contributed by atoms with van der Waals surface area (Å²) in [7, 11) is 1.48. The summed E-state index contributed by atoms with van der Waals surface area (Å²) in [6.07, 6.45) is 0. The molecule has 6 heteroatoms. The smallest absolute Gasteiger partial charge is 0.197 e. The van der Waals surface area contributed by atoms with Gasteiger partial charge in [-0.05, 0) is 47.1 Å². The summed E-state index contributed by atoms with van der Waals surface area (Å²) in [5, 5.41) is 0.318. The van der Waals surface area contributed by atoms with Gasteiger partial charge in [0.05, 0.1) is 13.7 Å². The molecular formula is C18H14BrFO4. The molecule has 0 aliphatic carbocycles. The van der Waals surface area contributed by atoms with Gasteiger partial charge >= 0.3 is 0 Å². The first kappa shape index (κ1) is 16.5. The van der Waals surface area contributed by atoms with Crippen LogP contribution in [-0.4, -0.2) is 13.7 Å². The maximum absolute atomic E-state index is 13.1. The second-order valence-electron chi connectivity index (χ2n) is 5.01. The van der Waals surface area contributed by atoms with Crippen molar-refractivity contribution in [3.8, 4) is 22.8 Å². The normalized spacial score (nSPS) is 10.8. The van der Waals surface area contributed by atoms with E-state index in [9.17, 15) is 9.18 Å². The number of methoxy groups -OCH3 is 1. The molecule has 0 spiro atoms. The van der Waals surface area contributed by atoms with E-state index in [0.29, 0.717) is 44.9 Å². The minimum Gasteiger partial charge on any atom is -0.496 e. The molecule has 3 aromatic rings. The summed E-state index contributed by atoms with van der Waals surface area (Å²) < 4.78 is 30.4. The van der Waals surface area contributed by atoms with Gasteiger partial charge in [0, 0.05) is 17.7 Å². The van der Waals surface area contributed by atoms with E-state index >= 15 is 0 Å². The summed E-state index contributed by atoms with van der Waals surface area (Å²) in [5.41, 5.74) is 0.670. The SMILES string of the molecule is CCOc1cc(OC)c2c(=O)cc(-c3ccc(F)cc3)oc2c1Br. The van der Waals surface area contributed by atoms with E-state index in [1.165, 1.54) is 25.3 Å². The number of hydrogen-bond acceptors (Lipinski definition) is 4. The maximum Gasteiger partial charge on any atom is 0.197 e. The molecule has 1 aromatic heterocycles. The van der Waals surface area contributed by atoms with Gasteiger partial charge < -0.3 is 13.9 Å². The first-order valence-electron chi connectivity index (χ1n) is 7.28. The van der Waals surface area contributed by atoms with Gasteiger partial charge in [-0.2, -0.15) is 0 Å². The minimum absolute atomic E-state index is 0.254. The summed E-state index contributed by atoms with van der Waals surface area (Å²) >= 11 is 3.43. The zero-order chi connectivity index (χ0) is 17.3. The van der Waals surface area contributed by atoms with E-state index in [1.807, 2.05) is 6.92 Å². The van der Waals surface area contributed by atoms with Crippen LogP contribution >= 0.6 is 15.9 Å². The third kappa shape index (κ3) is 2.89. The van der Waals surface area contributed by atoms with Gasteiger partial charge in [-0.3, -0.25) is 4.79 Å². The Morgan fingerprint density at radius 3 is 2.50 bits per heavy atom. The highest BCUT2D eigenvalue weighted by Crippen LogP contribution is 2.39. The Kier molecular flexibility index (Phi) is 4.57. The van der Waals surface area contributed by atoms with Crippen molar-refractivity contribution < 1.29 is 18.3 Å². The van der Waals surface area contributed by atoms with Gasteiger partial charge in [-0.25, -0.2) is 4.39 Å². The molecule has 0 unspecified atom stereocenters. The predicted octanol–water partition coefficient (Wildman–Crippen LogP) is 4.77. The second-order valence-corrected chi connectivity index (χ2v) is 5.80. The molecule has 0 radical (unpaired) electrons. The molecule has 0 N–H and O–H groups in total. The van der Waals surface area contributed by atoms with Crippen molar-refractivity contribution in [3.63, 3.8) is 0 Å². The lowest BCUT2D eigenvalue weighted by molar-refractivity contribution is 0.334. The first-order chi connectivity index (χ1) is 11.5. The van der Waals surface area contributed by atoms with E-state index in [-0.39, 0.29) is 11.2 Å². The molecule has 0 saturated carbocycles. The van der Waals surface area contributed by atoms with Crippen LogP contribution in [0.15, 0.2) is 50.1 Å². The minimum atomic E-state index is -0.358. The van der Waals surface area contributed by atoms with Crippen LogP contribution in [0, 0.1) is 5.82 Å². The average molecular weight is 393 g/mol. The van der Waals surface area contributed by atoms with Crippen molar-refractivity contribution in [2.45, 2.75) is 6.92 Å². The van der Waals surface area contributed by atoms with Crippen molar-refractivity contribution in [2.75, 3.05) is 13.7 Å². The van der Waals surface area contributed by atoms with Gasteiger partial charge in [-0.15, -0.1) is 0 Å². The zero-order valence-electron chi connectivity index (χ0n) is 13.1. The molecule has 0 amide bonds. The predicted molar refractivity (Wildman–Crippen MR) is 93.3 cm³/mol. The second kappa shape index (κ2) is 6.65. The molecule has 3 rings (SSSR count). The van der Waals surface area contributed by atoms with E-state index in [2.05, 4.69) is 15.9 Å². The fourth-order valence-electron chi connectivity index (χ4n) is 2.43. The lowest BCUT2D eigenvalue weighted by atomic mass is 10.1. The Hall–Kier alpha value is -2.34. The number of fused-ring (bicyclic) bond motifs is 1. The largest absolute Gasteiger partial charge is 0.496 e. The highest BCUT2D eigenvalue weighted by Gasteiger charge is 2.18. The van der Waals surface area contributed by atoms with E-state index in [0.717, 1.165) is 0 Å². The summed E-state index contributed by atoms with van der Waals surface area (Å²) in [6.45, 7) is 2.31. The molecule has 0 aliphatic rings. The Morgan fingerprint density at radius 1 is 1.17 bits per heavy atom. The Morgan fingerprint density at radius 2 is 1.88 bits per heavy atom. The van der Waals surface area contributed by atoms with E-state index in [4.69, 9.17) is 13.9 Å². The monoisotopic (exact) mass is 392 g/mol. The maximum atomic E-state index is 13.1. The third-order valence-electron chi connectivity index (χ3n) is 3.52. The Labute approximate surface area is 145 Å². The molecule has 124 valence electrons. The standard InChI is InChI=1S/C18H14BrFO4/c1-3-23-15-9-14(22-2)16-12(21)8-13(24-18(16)17(15)19)10-4-6-11(20)7-5-10/h4-9H,3H2,1-2H3. The summed E-state index contributed by atoms with van der Waals surface area (Å²) in [4.78, 5) is 12.6. The molecule has 0 bridgehead atoms. The van der Waals surface area contributed by atoms with Crippen molar-refractivity contribution in [2.24, 2.45) is 0 Å². The molecule has 24 heavy (non-hydrogen) atoms. The number of benzene rings is 2. The fourth-order valence-corrected chi connectivity index (χ4v) is 2.93. The van der Waals surface area contributed by atoms with Crippen LogP contribution in [0.4, 0.5) is 4.39 Å². The molecule has 0 fully saturated rings. The van der Waals surface area contributed by atoms with Crippen molar-refractivity contribution in [1.82, 2.24) is 0 Å². The van der Waals surface area contributed by atoms with Gasteiger partial charge in [-0.1, -0.05) is 0 Å². The lowest BCUT2D eigenvalue weighted by Gasteiger charge is -2.12. The van der Waals surface area contributed by atoms with Crippen molar-refractivity contribution in [1.29, 1.82) is 0 Å². The molecule has 1 heterocycles. The summed E-state index contributed by atoms with van der Waals surface area (Å²) in [5.74, 6) is 0.865. The molecule has 2 aromatic carbocycles. The van der Waals surface area contributed by atoms with Gasteiger partial charge in [0.15, 0.2) is 11.0 Å². The highest BCUT2D eigenvalue weighted by molar-refractivity contribution is 9.10. The number of rotatable bonds is 4. The van der Waals surface area contributed by atoms with E-state index < -0.39 is 0 Å². The van der Waals surface area contributed by atoms with Gasteiger partial charge in [0.25, 0.3) is 0 Å². The van der Waals surface area contributed by atoms with Crippen molar-refractivity contribution in [3.05, 3.63) is 56.9 Å². The van der Waals surface area contributed by atoms with Crippen LogP contribution < -0.4 is 14.9 Å². The number of halogens is 2. The van der Waals surface area contributed by atoms with Crippen LogP contribution in [0.25, 0.3) is 22.3 Å². The number of ether oxygens (including phenoxy) is 2. The Bertz CT molecular complexity index is 948. The fraction of sp³-hybridized carbons (Fsp3) is 0.167. The molecule has 0 atom stereocenters. The molecular weight excluding hydrogens is 379 g/mol. The van der Waals surface area contributed by atoms with E-state index in [1.54, 1.807) is 18.2 Å². The quantitative estimate of drug-likeness (QED) is 0.641. The topological polar surface area (TPSA) is 48.7 Å². The van der Waals surface area contributed by atoms with Gasteiger partial charge in [0.2, 0.25) is 0 Å². The zero-order valence-corrected chi connectivity index (χ0v) is 14.6. The van der Waals surface area contributed by atoms with Crippen LogP contribution in [0.5, 0.6) is 11.5 Å². The van der Waals surface area contributed by atoms with Crippen LogP contribution in [-0.2, 0) is 0 Å². The first-order valence-corrected chi connectivity index (χ1v) is 8.07. The van der Waals surface area contributed by atoms with Crippen molar-refractivity contribution >= 4 is 26.9 Å². The number of hydrogen-bond donors (Lipinski definition) is 0. The lowest BCUT2D eigenvalue weighted by Crippen LogP contribution is -2.04. The molecule has 4 nitrogen and oxygen atoms in total. The van der Waals surface area contributed by atoms with Crippen LogP contribution in [0.2, 0.25) is 0 Å². The average Bonchev–Trinajstić information content (AvgIpc) is 2.58. The van der Waals surface area contributed by atoms with Gasteiger partial charge in [0.1, 0.15) is 32.9 Å².